The minimum Gasteiger partial charge on any atom is -0.300 e. The van der Waals surface area contributed by atoms with Gasteiger partial charge in [-0.1, -0.05) is 139 Å². The highest BCUT2D eigenvalue weighted by Crippen LogP contribution is 2.39. The smallest absolute Gasteiger partial charge is 0.132 e. The molecular weight excluding hydrogens is 581 g/mol. The van der Waals surface area contributed by atoms with Crippen molar-refractivity contribution in [3.8, 4) is 0 Å². The van der Waals surface area contributed by atoms with Crippen LogP contribution in [0.3, 0.4) is 0 Å². The highest BCUT2D eigenvalue weighted by atomic mass is 16.1. The van der Waals surface area contributed by atoms with Crippen LogP contribution < -0.4 is 0 Å². The van der Waals surface area contributed by atoms with Gasteiger partial charge in [0.25, 0.3) is 0 Å². The van der Waals surface area contributed by atoms with E-state index in [0.717, 1.165) is 49.4 Å². The zero-order chi connectivity index (χ0) is 33.7. The van der Waals surface area contributed by atoms with Gasteiger partial charge in [-0.3, -0.25) is 4.79 Å². The molecule has 4 rings (SSSR count). The number of hydrogen-bond acceptors (Lipinski definition) is 1. The van der Waals surface area contributed by atoms with Gasteiger partial charge < -0.3 is 0 Å². The van der Waals surface area contributed by atoms with Crippen LogP contribution in [-0.2, 0) is 17.6 Å². The van der Waals surface area contributed by atoms with Gasteiger partial charge in [-0.15, -0.1) is 0 Å². The highest BCUT2D eigenvalue weighted by molar-refractivity contribution is 5.78. The molecule has 2 saturated carbocycles. The van der Waals surface area contributed by atoms with Crippen LogP contribution in [0.5, 0.6) is 0 Å². The molecule has 0 radical (unpaired) electrons. The van der Waals surface area contributed by atoms with E-state index in [1.807, 2.05) is 0 Å². The summed E-state index contributed by atoms with van der Waals surface area (Å²) in [7, 11) is 0. The molecule has 0 atom stereocenters. The van der Waals surface area contributed by atoms with E-state index in [4.69, 9.17) is 0 Å². The van der Waals surface area contributed by atoms with E-state index >= 15 is 0 Å². The number of carbonyl (C=O) groups is 1. The first kappa shape index (κ1) is 38.9. The summed E-state index contributed by atoms with van der Waals surface area (Å²) in [6.07, 6.45) is 36.3. The maximum Gasteiger partial charge on any atom is 0.132 e. The van der Waals surface area contributed by atoms with Gasteiger partial charge in [-0.25, -0.2) is 0 Å². The third-order valence-corrected chi connectivity index (χ3v) is 12.4. The summed E-state index contributed by atoms with van der Waals surface area (Å²) in [6, 6.07) is 19.2. The number of rotatable bonds is 24. The summed E-state index contributed by atoms with van der Waals surface area (Å²) >= 11 is 0. The maximum absolute atomic E-state index is 12.4. The molecule has 2 fully saturated rings. The Morgan fingerprint density at radius 1 is 0.458 bits per heavy atom. The fourth-order valence-electron chi connectivity index (χ4n) is 8.94. The summed E-state index contributed by atoms with van der Waals surface area (Å²) in [5.41, 5.74) is 6.19. The van der Waals surface area contributed by atoms with Crippen molar-refractivity contribution in [3.63, 3.8) is 0 Å². The van der Waals surface area contributed by atoms with E-state index in [1.165, 1.54) is 165 Å². The van der Waals surface area contributed by atoms with Crippen molar-refractivity contribution in [2.75, 3.05) is 0 Å². The Labute approximate surface area is 297 Å². The van der Waals surface area contributed by atoms with E-state index < -0.39 is 0 Å². The van der Waals surface area contributed by atoms with Crippen LogP contribution in [0, 0.1) is 11.8 Å². The van der Waals surface area contributed by atoms with Crippen molar-refractivity contribution in [2.24, 2.45) is 11.8 Å². The summed E-state index contributed by atoms with van der Waals surface area (Å²) in [4.78, 5) is 12.4. The molecule has 48 heavy (non-hydrogen) atoms. The molecule has 1 heteroatoms. The Bertz CT molecular complexity index is 993. The van der Waals surface area contributed by atoms with Gasteiger partial charge in [-0.05, 0) is 136 Å². The van der Waals surface area contributed by atoms with Crippen molar-refractivity contribution in [1.82, 2.24) is 0 Å². The highest BCUT2D eigenvalue weighted by Gasteiger charge is 2.23. The third kappa shape index (κ3) is 14.9. The zero-order valence-corrected chi connectivity index (χ0v) is 31.6. The fourth-order valence-corrected chi connectivity index (χ4v) is 8.94. The second-order valence-electron chi connectivity index (χ2n) is 16.3. The van der Waals surface area contributed by atoms with Crippen molar-refractivity contribution >= 4 is 5.78 Å². The number of carbonyl (C=O) groups excluding carboxylic acids is 1. The molecule has 0 aromatic heterocycles. The number of benzene rings is 2. The maximum atomic E-state index is 12.4. The van der Waals surface area contributed by atoms with Gasteiger partial charge in [0.05, 0.1) is 0 Å². The predicted molar refractivity (Wildman–Crippen MR) is 209 cm³/mol. The molecule has 268 valence electrons. The zero-order valence-electron chi connectivity index (χ0n) is 31.6. The van der Waals surface area contributed by atoms with Gasteiger partial charge in [-0.2, -0.15) is 0 Å². The Kier molecular flexibility index (Phi) is 19.0. The van der Waals surface area contributed by atoms with Crippen molar-refractivity contribution in [1.29, 1.82) is 0 Å². The molecule has 0 saturated heterocycles. The average Bonchev–Trinajstić information content (AvgIpc) is 3.13. The molecule has 0 heterocycles. The monoisotopic (exact) mass is 655 g/mol. The Balaban J connectivity index is 0.902. The molecule has 2 aromatic rings. The molecule has 2 aliphatic rings. The van der Waals surface area contributed by atoms with Crippen molar-refractivity contribution in [3.05, 3.63) is 70.8 Å². The SMILES string of the molecule is CCCCc1ccc(C2CCC(CCCCCCCC(=O)CCCCCCCC3CCC(c4ccc(CCCC)cc4)CC3)CC2)cc1. The first-order chi connectivity index (χ1) is 23.6. The van der Waals surface area contributed by atoms with Gasteiger partial charge in [0.2, 0.25) is 0 Å². The summed E-state index contributed by atoms with van der Waals surface area (Å²) in [5, 5.41) is 0. The number of unbranched alkanes of at least 4 members (excludes halogenated alkanes) is 10. The van der Waals surface area contributed by atoms with Crippen LogP contribution in [0.25, 0.3) is 0 Å². The quantitative estimate of drug-likeness (QED) is 0.103. The lowest BCUT2D eigenvalue weighted by molar-refractivity contribution is -0.119. The van der Waals surface area contributed by atoms with Crippen LogP contribution in [-0.4, -0.2) is 5.78 Å². The van der Waals surface area contributed by atoms with E-state index in [1.54, 1.807) is 11.1 Å². The third-order valence-electron chi connectivity index (χ3n) is 12.4. The van der Waals surface area contributed by atoms with E-state index in [0.29, 0.717) is 5.78 Å². The second-order valence-corrected chi connectivity index (χ2v) is 16.3. The first-order valence-electron chi connectivity index (χ1n) is 21.3. The molecule has 1 nitrogen and oxygen atoms in total. The van der Waals surface area contributed by atoms with Crippen LogP contribution >= 0.6 is 0 Å². The van der Waals surface area contributed by atoms with Gasteiger partial charge >= 0.3 is 0 Å². The standard InChI is InChI=1S/C47H74O/c1-3-5-17-39-23-31-43(32-24-39)45-35-27-41(28-36-45)19-13-9-7-11-15-21-47(48)22-16-12-8-10-14-20-42-29-37-46(38-30-42)44-33-25-40(26-34-44)18-6-4-2/h23-26,31-34,41-42,45-46H,3-22,27-30,35-38H2,1-2H3. The van der Waals surface area contributed by atoms with Gasteiger partial charge in [0.15, 0.2) is 0 Å². The van der Waals surface area contributed by atoms with Crippen LogP contribution in [0.4, 0.5) is 0 Å². The van der Waals surface area contributed by atoms with Crippen molar-refractivity contribution in [2.45, 2.75) is 205 Å². The largest absolute Gasteiger partial charge is 0.300 e. The van der Waals surface area contributed by atoms with E-state index in [-0.39, 0.29) is 0 Å². The first-order valence-corrected chi connectivity index (χ1v) is 21.3. The van der Waals surface area contributed by atoms with E-state index in [9.17, 15) is 4.79 Å². The Hall–Kier alpha value is -1.89. The second kappa shape index (κ2) is 23.5. The minimum absolute atomic E-state index is 0.523. The molecular formula is C47H74O. The minimum atomic E-state index is 0.523. The lowest BCUT2D eigenvalue weighted by atomic mass is 9.77. The lowest BCUT2D eigenvalue weighted by Gasteiger charge is -2.29. The molecule has 0 amide bonds. The number of ketones is 1. The number of hydrogen-bond donors (Lipinski definition) is 0. The summed E-state index contributed by atoms with van der Waals surface area (Å²) in [6.45, 7) is 4.55. The van der Waals surface area contributed by atoms with E-state index in [2.05, 4.69) is 62.4 Å². The van der Waals surface area contributed by atoms with Crippen LogP contribution in [0.2, 0.25) is 0 Å². The van der Waals surface area contributed by atoms with Crippen LogP contribution in [0.1, 0.15) is 215 Å². The summed E-state index contributed by atoms with van der Waals surface area (Å²) < 4.78 is 0. The lowest BCUT2D eigenvalue weighted by Crippen LogP contribution is -2.13. The Morgan fingerprint density at radius 2 is 0.812 bits per heavy atom. The Morgan fingerprint density at radius 3 is 1.19 bits per heavy atom. The number of Topliss-reactive ketones (excluding diaryl/α,β-unsaturated/α-hetero) is 1. The van der Waals surface area contributed by atoms with Gasteiger partial charge in [0.1, 0.15) is 5.78 Å². The normalized spacial score (nSPS) is 21.4. The summed E-state index contributed by atoms with van der Waals surface area (Å²) in [5.74, 6) is 4.02. The van der Waals surface area contributed by atoms with Crippen molar-refractivity contribution < 1.29 is 4.79 Å². The van der Waals surface area contributed by atoms with Gasteiger partial charge in [0, 0.05) is 12.8 Å². The average molecular weight is 655 g/mol. The molecule has 0 spiro atoms. The predicted octanol–water partition coefficient (Wildman–Crippen LogP) is 14.7. The molecule has 2 aromatic carbocycles. The topological polar surface area (TPSA) is 17.1 Å². The van der Waals surface area contributed by atoms with Crippen LogP contribution in [0.15, 0.2) is 48.5 Å². The molecule has 0 unspecified atom stereocenters. The fraction of sp³-hybridized carbons (Fsp3) is 0.723. The molecule has 0 aliphatic heterocycles. The molecule has 0 bridgehead atoms. The number of aryl methyl sites for hydroxylation is 2. The molecule has 0 N–H and O–H groups in total. The molecule has 2 aliphatic carbocycles.